The van der Waals surface area contributed by atoms with Gasteiger partial charge >= 0.3 is 0 Å². The zero-order valence-electron chi connectivity index (χ0n) is 14.5. The largest absolute Gasteiger partial charge is 0.378 e. The van der Waals surface area contributed by atoms with Crippen LogP contribution in [0.1, 0.15) is 17.3 Å². The number of benzene rings is 1. The first kappa shape index (κ1) is 20.7. The Bertz CT molecular complexity index is 428. The van der Waals surface area contributed by atoms with Gasteiger partial charge in [0.25, 0.3) is 0 Å². The number of hydrogen-bond acceptors (Lipinski definition) is 6. The van der Waals surface area contributed by atoms with Crippen molar-refractivity contribution in [3.63, 3.8) is 0 Å². The van der Waals surface area contributed by atoms with Crippen molar-refractivity contribution in [1.29, 1.82) is 0 Å². The summed E-state index contributed by atoms with van der Waals surface area (Å²) >= 11 is 0. The molecule has 0 heterocycles. The predicted molar refractivity (Wildman–Crippen MR) is 94.3 cm³/mol. The van der Waals surface area contributed by atoms with E-state index in [0.29, 0.717) is 59.3 Å². The summed E-state index contributed by atoms with van der Waals surface area (Å²) in [6.07, 6.45) is 0. The average molecular weight is 338 g/mol. The standard InChI is InChI=1S/C18H30N2O4/c1-16(18(21)17-5-3-2-4-6-17)15-20-8-10-23-12-14-24-13-11-22-9-7-19/h2-6,16,20H,7-15,19H2,1H3. The highest BCUT2D eigenvalue weighted by atomic mass is 16.5. The first-order valence-electron chi connectivity index (χ1n) is 8.49. The van der Waals surface area contributed by atoms with Crippen LogP contribution in [0.3, 0.4) is 0 Å². The molecule has 1 unspecified atom stereocenters. The molecule has 6 nitrogen and oxygen atoms in total. The molecule has 0 aliphatic carbocycles. The van der Waals surface area contributed by atoms with Gasteiger partial charge in [-0.15, -0.1) is 0 Å². The lowest BCUT2D eigenvalue weighted by Crippen LogP contribution is -2.29. The number of nitrogens with one attached hydrogen (secondary N) is 1. The SMILES string of the molecule is CC(CNCCOCCOCCOCCN)C(=O)c1ccccc1. The van der Waals surface area contributed by atoms with Crippen molar-refractivity contribution in [2.45, 2.75) is 6.92 Å². The van der Waals surface area contributed by atoms with Gasteiger partial charge in [0.15, 0.2) is 5.78 Å². The number of rotatable bonds is 15. The van der Waals surface area contributed by atoms with E-state index in [1.807, 2.05) is 37.3 Å². The van der Waals surface area contributed by atoms with Gasteiger partial charge in [0.1, 0.15) is 0 Å². The maximum absolute atomic E-state index is 12.2. The van der Waals surface area contributed by atoms with E-state index in [4.69, 9.17) is 19.9 Å². The number of ketones is 1. The maximum Gasteiger partial charge on any atom is 0.166 e. The minimum Gasteiger partial charge on any atom is -0.378 e. The number of ether oxygens (including phenoxy) is 3. The number of carbonyl (C=O) groups excluding carboxylic acids is 1. The van der Waals surface area contributed by atoms with E-state index >= 15 is 0 Å². The van der Waals surface area contributed by atoms with E-state index < -0.39 is 0 Å². The van der Waals surface area contributed by atoms with Crippen molar-refractivity contribution in [3.05, 3.63) is 35.9 Å². The summed E-state index contributed by atoms with van der Waals surface area (Å²) in [4.78, 5) is 12.2. The van der Waals surface area contributed by atoms with Crippen LogP contribution in [0.15, 0.2) is 30.3 Å². The lowest BCUT2D eigenvalue weighted by Gasteiger charge is -2.12. The second kappa shape index (κ2) is 14.1. The molecular formula is C18H30N2O4. The van der Waals surface area contributed by atoms with E-state index in [2.05, 4.69) is 5.32 Å². The summed E-state index contributed by atoms with van der Waals surface area (Å²) in [6, 6.07) is 9.38. The average Bonchev–Trinajstić information content (AvgIpc) is 2.62. The summed E-state index contributed by atoms with van der Waals surface area (Å²) < 4.78 is 16.0. The minimum absolute atomic E-state index is 0.0516. The molecule has 0 spiro atoms. The van der Waals surface area contributed by atoms with Gasteiger partial charge in [-0.1, -0.05) is 37.3 Å². The van der Waals surface area contributed by atoms with Gasteiger partial charge in [-0.25, -0.2) is 0 Å². The van der Waals surface area contributed by atoms with Gasteiger partial charge in [0.2, 0.25) is 0 Å². The molecule has 1 aromatic carbocycles. The summed E-state index contributed by atoms with van der Waals surface area (Å²) in [5.41, 5.74) is 6.06. The van der Waals surface area contributed by atoms with Crippen molar-refractivity contribution < 1.29 is 19.0 Å². The van der Waals surface area contributed by atoms with Crippen LogP contribution < -0.4 is 11.1 Å². The summed E-state index contributed by atoms with van der Waals surface area (Å²) in [7, 11) is 0. The van der Waals surface area contributed by atoms with Gasteiger partial charge in [-0.05, 0) is 0 Å². The van der Waals surface area contributed by atoms with Crippen LogP contribution in [-0.4, -0.2) is 65.1 Å². The number of Topliss-reactive ketones (excluding diaryl/α,β-unsaturated/α-hetero) is 1. The van der Waals surface area contributed by atoms with Crippen LogP contribution in [0.25, 0.3) is 0 Å². The summed E-state index contributed by atoms with van der Waals surface area (Å²) in [6.45, 7) is 7.21. The van der Waals surface area contributed by atoms with Crippen molar-refractivity contribution in [2.24, 2.45) is 11.7 Å². The molecular weight excluding hydrogens is 308 g/mol. The van der Waals surface area contributed by atoms with Crippen LogP contribution in [-0.2, 0) is 14.2 Å². The zero-order chi connectivity index (χ0) is 17.5. The molecule has 0 aliphatic rings. The Labute approximate surface area is 144 Å². The topological polar surface area (TPSA) is 82.8 Å². The second-order valence-corrected chi connectivity index (χ2v) is 5.46. The van der Waals surface area contributed by atoms with Gasteiger partial charge < -0.3 is 25.3 Å². The van der Waals surface area contributed by atoms with E-state index in [-0.39, 0.29) is 11.7 Å². The Morgan fingerprint density at radius 3 is 2.21 bits per heavy atom. The molecule has 0 radical (unpaired) electrons. The molecule has 24 heavy (non-hydrogen) atoms. The molecule has 0 bridgehead atoms. The molecule has 136 valence electrons. The Kier molecular flexibility index (Phi) is 12.2. The molecule has 1 aromatic rings. The highest BCUT2D eigenvalue weighted by Gasteiger charge is 2.13. The van der Waals surface area contributed by atoms with Crippen LogP contribution in [0.4, 0.5) is 0 Å². The maximum atomic E-state index is 12.2. The third-order valence-corrected chi connectivity index (χ3v) is 3.39. The zero-order valence-corrected chi connectivity index (χ0v) is 14.5. The smallest absolute Gasteiger partial charge is 0.166 e. The van der Waals surface area contributed by atoms with Crippen LogP contribution in [0.5, 0.6) is 0 Å². The van der Waals surface area contributed by atoms with Crippen molar-refractivity contribution in [1.82, 2.24) is 5.32 Å². The fraction of sp³-hybridized carbons (Fsp3) is 0.611. The summed E-state index contributed by atoms with van der Waals surface area (Å²) in [5, 5.41) is 3.24. The first-order valence-corrected chi connectivity index (χ1v) is 8.49. The lowest BCUT2D eigenvalue weighted by atomic mass is 9.99. The highest BCUT2D eigenvalue weighted by molar-refractivity contribution is 5.97. The quantitative estimate of drug-likeness (QED) is 0.368. The van der Waals surface area contributed by atoms with Crippen LogP contribution in [0, 0.1) is 5.92 Å². The molecule has 1 rings (SSSR count). The van der Waals surface area contributed by atoms with Crippen LogP contribution in [0.2, 0.25) is 0 Å². The Morgan fingerprint density at radius 1 is 1.00 bits per heavy atom. The first-order chi connectivity index (χ1) is 11.8. The van der Waals surface area contributed by atoms with E-state index in [0.717, 1.165) is 5.56 Å². The number of hydrogen-bond donors (Lipinski definition) is 2. The monoisotopic (exact) mass is 338 g/mol. The van der Waals surface area contributed by atoms with Crippen molar-refractivity contribution in [3.8, 4) is 0 Å². The van der Waals surface area contributed by atoms with E-state index in [1.54, 1.807) is 0 Å². The molecule has 0 aromatic heterocycles. The Balaban J connectivity index is 1.92. The number of carbonyl (C=O) groups is 1. The molecule has 1 atom stereocenters. The fourth-order valence-electron chi connectivity index (χ4n) is 2.07. The molecule has 0 saturated heterocycles. The molecule has 0 amide bonds. The highest BCUT2D eigenvalue weighted by Crippen LogP contribution is 2.07. The third kappa shape index (κ3) is 9.75. The molecule has 6 heteroatoms. The normalized spacial score (nSPS) is 12.2. The number of nitrogens with two attached hydrogens (primary N) is 1. The van der Waals surface area contributed by atoms with Crippen LogP contribution >= 0.6 is 0 Å². The lowest BCUT2D eigenvalue weighted by molar-refractivity contribution is 0.0165. The molecule has 0 saturated carbocycles. The molecule has 3 N–H and O–H groups in total. The van der Waals surface area contributed by atoms with E-state index in [9.17, 15) is 4.79 Å². The Hall–Kier alpha value is -1.31. The third-order valence-electron chi connectivity index (χ3n) is 3.39. The predicted octanol–water partition coefficient (Wildman–Crippen LogP) is 1.10. The Morgan fingerprint density at radius 2 is 1.58 bits per heavy atom. The summed E-state index contributed by atoms with van der Waals surface area (Å²) in [5.74, 6) is 0.110. The van der Waals surface area contributed by atoms with Gasteiger partial charge in [-0.2, -0.15) is 0 Å². The van der Waals surface area contributed by atoms with Crippen molar-refractivity contribution in [2.75, 3.05) is 59.3 Å². The second-order valence-electron chi connectivity index (χ2n) is 5.46. The van der Waals surface area contributed by atoms with Gasteiger partial charge in [0, 0.05) is 31.1 Å². The van der Waals surface area contributed by atoms with E-state index in [1.165, 1.54) is 0 Å². The van der Waals surface area contributed by atoms with Gasteiger partial charge in [-0.3, -0.25) is 4.79 Å². The van der Waals surface area contributed by atoms with Crippen molar-refractivity contribution >= 4 is 5.78 Å². The van der Waals surface area contributed by atoms with Gasteiger partial charge in [0.05, 0.1) is 39.6 Å². The molecule has 0 fully saturated rings. The minimum atomic E-state index is -0.0516. The molecule has 0 aliphatic heterocycles. The fourth-order valence-corrected chi connectivity index (χ4v) is 2.07.